The van der Waals surface area contributed by atoms with Crippen molar-refractivity contribution in [1.29, 1.82) is 0 Å². The molecule has 5 rings (SSSR count). The van der Waals surface area contributed by atoms with Crippen molar-refractivity contribution in [3.8, 4) is 11.4 Å². The Labute approximate surface area is 204 Å². The Morgan fingerprint density at radius 2 is 1.91 bits per heavy atom. The smallest absolute Gasteiger partial charge is 0.171 e. The van der Waals surface area contributed by atoms with Crippen LogP contribution in [0.2, 0.25) is 0 Å². The van der Waals surface area contributed by atoms with E-state index in [0.29, 0.717) is 18.5 Å². The lowest BCUT2D eigenvalue weighted by molar-refractivity contribution is 0.0572. The van der Waals surface area contributed by atoms with Crippen molar-refractivity contribution in [2.75, 3.05) is 20.2 Å². The summed E-state index contributed by atoms with van der Waals surface area (Å²) in [5.41, 5.74) is 4.36. The molecule has 35 heavy (non-hydrogen) atoms. The van der Waals surface area contributed by atoms with Gasteiger partial charge in [-0.3, -0.25) is 0 Å². The number of fused-ring (bicyclic) bond motifs is 1. The maximum Gasteiger partial charge on any atom is 0.171 e. The molecule has 8 heteroatoms. The van der Waals surface area contributed by atoms with Gasteiger partial charge in [0.2, 0.25) is 0 Å². The number of methoxy groups -OCH3 is 1. The van der Waals surface area contributed by atoms with E-state index >= 15 is 0 Å². The van der Waals surface area contributed by atoms with Crippen LogP contribution in [-0.2, 0) is 4.84 Å². The Morgan fingerprint density at radius 3 is 2.63 bits per heavy atom. The quantitative estimate of drug-likeness (QED) is 0.456. The van der Waals surface area contributed by atoms with Gasteiger partial charge in [0.25, 0.3) is 0 Å². The van der Waals surface area contributed by atoms with Crippen LogP contribution in [0.4, 0.5) is 8.78 Å². The second kappa shape index (κ2) is 10.3. The Bertz CT molecular complexity index is 1250. The predicted octanol–water partition coefficient (Wildman–Crippen LogP) is 6.06. The highest BCUT2D eigenvalue weighted by molar-refractivity contribution is 6.02. The molecule has 3 aromatic rings. The molecule has 2 aliphatic heterocycles. The molecule has 0 radical (unpaired) electrons. The lowest BCUT2D eigenvalue weighted by Gasteiger charge is -2.29. The van der Waals surface area contributed by atoms with Crippen LogP contribution in [-0.4, -0.2) is 40.5 Å². The van der Waals surface area contributed by atoms with E-state index in [0.717, 1.165) is 59.6 Å². The van der Waals surface area contributed by atoms with Gasteiger partial charge >= 0.3 is 0 Å². The number of piperidine rings is 1. The number of hydrogen-bond donors (Lipinski definition) is 0. The summed E-state index contributed by atoms with van der Waals surface area (Å²) in [6.45, 7) is 3.51. The molecule has 184 valence electrons. The van der Waals surface area contributed by atoms with Crippen molar-refractivity contribution >= 4 is 11.9 Å². The van der Waals surface area contributed by atoms with Gasteiger partial charge in [-0.1, -0.05) is 18.6 Å². The van der Waals surface area contributed by atoms with Crippen LogP contribution >= 0.6 is 0 Å². The van der Waals surface area contributed by atoms with Crippen LogP contribution in [0.5, 0.6) is 5.75 Å². The standard InChI is InChI=1S/C26H26F2N4O2.CH4/c1-17-15-32(16-29-17)23-6-5-18(11-25(23)33-2)10-19-4-3-8-31-9-7-24(34-30-26(19)31)20-12-21(27)14-22(28)13-20;/h5-6,10-16,24H,3-4,7-9H2,1-2H3;1H4/b19-10+;/t24-;/m0./s1. The minimum Gasteiger partial charge on any atom is -0.495 e. The number of aromatic nitrogens is 2. The monoisotopic (exact) mass is 480 g/mol. The molecule has 0 N–H and O–H groups in total. The lowest BCUT2D eigenvalue weighted by atomic mass is 9.99. The van der Waals surface area contributed by atoms with Gasteiger partial charge in [0, 0.05) is 37.3 Å². The molecule has 0 saturated carbocycles. The van der Waals surface area contributed by atoms with E-state index in [-0.39, 0.29) is 7.43 Å². The number of nitrogens with zero attached hydrogens (tertiary/aromatic N) is 4. The fourth-order valence-corrected chi connectivity index (χ4v) is 4.53. The number of halogens is 2. The number of hydrogen-bond acceptors (Lipinski definition) is 5. The Morgan fingerprint density at radius 1 is 1.11 bits per heavy atom. The Kier molecular flexibility index (Phi) is 7.19. The van der Waals surface area contributed by atoms with Gasteiger partial charge < -0.3 is 19.0 Å². The summed E-state index contributed by atoms with van der Waals surface area (Å²) in [4.78, 5) is 12.3. The fraction of sp³-hybridized carbons (Fsp3) is 0.333. The molecule has 0 aliphatic carbocycles. The highest BCUT2D eigenvalue weighted by Gasteiger charge is 2.28. The molecule has 2 aromatic carbocycles. The minimum atomic E-state index is -0.614. The van der Waals surface area contributed by atoms with E-state index in [9.17, 15) is 8.78 Å². The number of imidazole rings is 1. The number of benzene rings is 2. The van der Waals surface area contributed by atoms with E-state index in [4.69, 9.17) is 9.57 Å². The Hall–Kier alpha value is -3.68. The Balaban J connectivity index is 0.00000289. The second-order valence-electron chi connectivity index (χ2n) is 8.61. The largest absolute Gasteiger partial charge is 0.495 e. The summed E-state index contributed by atoms with van der Waals surface area (Å²) in [6.07, 6.45) is 7.77. The molecule has 1 atom stereocenters. The topological polar surface area (TPSA) is 51.9 Å². The average molecular weight is 481 g/mol. The highest BCUT2D eigenvalue weighted by Crippen LogP contribution is 2.31. The predicted molar refractivity (Wildman–Crippen MR) is 133 cm³/mol. The normalized spacial score (nSPS) is 18.7. The van der Waals surface area contributed by atoms with Crippen LogP contribution in [0.15, 0.2) is 59.7 Å². The van der Waals surface area contributed by atoms with Crippen LogP contribution in [0.1, 0.15) is 49.6 Å². The van der Waals surface area contributed by atoms with E-state index in [1.54, 1.807) is 13.4 Å². The lowest BCUT2D eigenvalue weighted by Crippen LogP contribution is -2.37. The summed E-state index contributed by atoms with van der Waals surface area (Å²) in [5, 5.41) is 4.44. The van der Waals surface area contributed by atoms with E-state index in [1.165, 1.54) is 12.1 Å². The van der Waals surface area contributed by atoms with Gasteiger partial charge in [0.05, 0.1) is 24.8 Å². The molecule has 1 aromatic heterocycles. The number of amidine groups is 1. The summed E-state index contributed by atoms with van der Waals surface area (Å²) in [7, 11) is 1.65. The second-order valence-corrected chi connectivity index (χ2v) is 8.61. The first kappa shape index (κ1) is 24.4. The highest BCUT2D eigenvalue weighted by atomic mass is 19.1. The van der Waals surface area contributed by atoms with Gasteiger partial charge in [-0.15, -0.1) is 0 Å². The fourth-order valence-electron chi connectivity index (χ4n) is 4.53. The SMILES string of the molecule is C.COc1cc(/C=C2\CCCN3CC[C@@H](c4cc(F)cc(F)c4)ON=C23)ccc1-n1cnc(C)c1. The number of rotatable bonds is 4. The van der Waals surface area contributed by atoms with Gasteiger partial charge in [-0.25, -0.2) is 13.8 Å². The molecular formula is C27H30F2N4O2. The van der Waals surface area contributed by atoms with Gasteiger partial charge in [0.1, 0.15) is 17.4 Å². The third-order valence-electron chi connectivity index (χ3n) is 6.18. The molecule has 0 bridgehead atoms. The molecule has 0 amide bonds. The molecule has 1 saturated heterocycles. The summed E-state index contributed by atoms with van der Waals surface area (Å²) in [5.74, 6) is 0.291. The van der Waals surface area contributed by atoms with Gasteiger partial charge in [0.15, 0.2) is 11.9 Å². The molecule has 0 unspecified atom stereocenters. The van der Waals surface area contributed by atoms with Crippen molar-refractivity contribution in [3.63, 3.8) is 0 Å². The van der Waals surface area contributed by atoms with Crippen molar-refractivity contribution in [1.82, 2.24) is 14.5 Å². The zero-order valence-corrected chi connectivity index (χ0v) is 19.2. The number of ether oxygens (including phenoxy) is 1. The summed E-state index contributed by atoms with van der Waals surface area (Å²) in [6, 6.07) is 9.52. The van der Waals surface area contributed by atoms with Crippen molar-refractivity contribution in [3.05, 3.63) is 83.0 Å². The van der Waals surface area contributed by atoms with Crippen molar-refractivity contribution in [2.24, 2.45) is 5.16 Å². The van der Waals surface area contributed by atoms with E-state index < -0.39 is 17.7 Å². The third kappa shape index (κ3) is 5.21. The molecule has 1 fully saturated rings. The van der Waals surface area contributed by atoms with Crippen LogP contribution in [0, 0.1) is 18.6 Å². The first-order chi connectivity index (χ1) is 16.5. The number of oxime groups is 1. The van der Waals surface area contributed by atoms with Gasteiger partial charge in [-0.05, 0) is 61.2 Å². The first-order valence-corrected chi connectivity index (χ1v) is 11.3. The maximum absolute atomic E-state index is 13.7. The van der Waals surface area contributed by atoms with Crippen LogP contribution in [0.3, 0.4) is 0 Å². The number of aryl methyl sites for hydroxylation is 1. The molecule has 3 heterocycles. The molecule has 2 aliphatic rings. The first-order valence-electron chi connectivity index (χ1n) is 11.3. The molecule has 6 nitrogen and oxygen atoms in total. The van der Waals surface area contributed by atoms with Crippen molar-refractivity contribution < 1.29 is 18.4 Å². The van der Waals surface area contributed by atoms with E-state index in [2.05, 4.69) is 21.1 Å². The van der Waals surface area contributed by atoms with Crippen molar-refractivity contribution in [2.45, 2.75) is 39.7 Å². The maximum atomic E-state index is 13.7. The minimum absolute atomic E-state index is 0. The average Bonchev–Trinajstić information content (AvgIpc) is 3.12. The zero-order chi connectivity index (χ0) is 23.7. The summed E-state index contributed by atoms with van der Waals surface area (Å²) < 4.78 is 35.0. The van der Waals surface area contributed by atoms with Crippen LogP contribution in [0.25, 0.3) is 11.8 Å². The third-order valence-corrected chi connectivity index (χ3v) is 6.18. The molecular weight excluding hydrogens is 450 g/mol. The van der Waals surface area contributed by atoms with E-state index in [1.807, 2.05) is 35.9 Å². The zero-order valence-electron chi connectivity index (χ0n) is 19.2. The van der Waals surface area contributed by atoms with Crippen LogP contribution < -0.4 is 4.74 Å². The van der Waals surface area contributed by atoms with Gasteiger partial charge in [-0.2, -0.15) is 0 Å². The summed E-state index contributed by atoms with van der Waals surface area (Å²) >= 11 is 0. The molecule has 0 spiro atoms.